The van der Waals surface area contributed by atoms with E-state index in [0.717, 1.165) is 0 Å². The quantitative estimate of drug-likeness (QED) is 0.655. The van der Waals surface area contributed by atoms with Gasteiger partial charge in [-0.1, -0.05) is 5.16 Å². The van der Waals surface area contributed by atoms with Crippen LogP contribution in [0.1, 0.15) is 5.76 Å². The average Bonchev–Trinajstić information content (AvgIpc) is 2.66. The molecule has 1 amide bonds. The van der Waals surface area contributed by atoms with Crippen LogP contribution in [0, 0.1) is 0 Å². The van der Waals surface area contributed by atoms with Crippen molar-refractivity contribution in [3.63, 3.8) is 0 Å². The molecule has 1 heterocycles. The van der Waals surface area contributed by atoms with Crippen LogP contribution in [-0.4, -0.2) is 35.4 Å². The molecule has 0 aliphatic carbocycles. The number of aromatic nitrogens is 1. The number of nitrogens with one attached hydrogen (secondary N) is 1. The lowest BCUT2D eigenvalue weighted by Gasteiger charge is -2.02. The first-order valence-corrected chi connectivity index (χ1v) is 4.14. The highest BCUT2D eigenvalue weighted by atomic mass is 16.5. The molecule has 15 heavy (non-hydrogen) atoms. The summed E-state index contributed by atoms with van der Waals surface area (Å²) >= 11 is 0. The van der Waals surface area contributed by atoms with Crippen molar-refractivity contribution in [1.82, 2.24) is 10.5 Å². The molecule has 1 rings (SSSR count). The third kappa shape index (κ3) is 4.77. The zero-order valence-corrected chi connectivity index (χ0v) is 7.80. The van der Waals surface area contributed by atoms with E-state index in [-0.39, 0.29) is 13.2 Å². The molecular weight excluding hydrogens is 204 g/mol. The van der Waals surface area contributed by atoms with Crippen LogP contribution < -0.4 is 5.32 Å². The topological polar surface area (TPSA) is 102 Å². The first kappa shape index (κ1) is 11.2. The molecule has 1 aromatic rings. The first-order valence-electron chi connectivity index (χ1n) is 4.14. The molecule has 0 fully saturated rings. The van der Waals surface area contributed by atoms with Crippen LogP contribution in [0.3, 0.4) is 0 Å². The van der Waals surface area contributed by atoms with E-state index < -0.39 is 18.5 Å². The Hall–Kier alpha value is -1.89. The van der Waals surface area contributed by atoms with E-state index in [9.17, 15) is 9.59 Å². The minimum Gasteiger partial charge on any atom is -0.480 e. The second kappa shape index (κ2) is 5.76. The van der Waals surface area contributed by atoms with Crippen LogP contribution in [0.4, 0.5) is 0 Å². The molecule has 0 radical (unpaired) electrons. The smallest absolute Gasteiger partial charge is 0.329 e. The lowest BCUT2D eigenvalue weighted by atomic mass is 10.4. The van der Waals surface area contributed by atoms with E-state index in [4.69, 9.17) is 9.63 Å². The fourth-order valence-electron chi connectivity index (χ4n) is 0.801. The highest BCUT2D eigenvalue weighted by Crippen LogP contribution is 1.94. The summed E-state index contributed by atoms with van der Waals surface area (Å²) in [7, 11) is 0. The Balaban J connectivity index is 2.11. The number of carboxylic acids is 1. The van der Waals surface area contributed by atoms with E-state index in [1.165, 1.54) is 6.20 Å². The molecular formula is C8H10N2O5. The molecule has 0 aromatic carbocycles. The van der Waals surface area contributed by atoms with E-state index in [2.05, 4.69) is 15.2 Å². The number of hydrogen-bond acceptors (Lipinski definition) is 5. The maximum atomic E-state index is 11.0. The molecule has 7 nitrogen and oxygen atoms in total. The van der Waals surface area contributed by atoms with Gasteiger partial charge in [-0.15, -0.1) is 0 Å². The highest BCUT2D eigenvalue weighted by Gasteiger charge is 2.04. The summed E-state index contributed by atoms with van der Waals surface area (Å²) in [6.07, 6.45) is 1.46. The Morgan fingerprint density at radius 3 is 2.93 bits per heavy atom. The van der Waals surface area contributed by atoms with Crippen LogP contribution in [0.5, 0.6) is 0 Å². The number of carbonyl (C=O) groups is 2. The summed E-state index contributed by atoms with van der Waals surface area (Å²) in [6.45, 7) is -0.578. The van der Waals surface area contributed by atoms with Crippen LogP contribution in [0.25, 0.3) is 0 Å². The normalized spacial score (nSPS) is 9.87. The second-order valence-corrected chi connectivity index (χ2v) is 2.64. The van der Waals surface area contributed by atoms with Crippen molar-refractivity contribution in [3.8, 4) is 0 Å². The highest BCUT2D eigenvalue weighted by molar-refractivity contribution is 5.77. The minimum atomic E-state index is -1.11. The largest absolute Gasteiger partial charge is 0.480 e. The maximum absolute atomic E-state index is 11.0. The predicted molar refractivity (Wildman–Crippen MR) is 46.8 cm³/mol. The van der Waals surface area contributed by atoms with Gasteiger partial charge in [-0.2, -0.15) is 0 Å². The number of carbonyl (C=O) groups excluding carboxylic acids is 1. The van der Waals surface area contributed by atoms with Gasteiger partial charge in [0.05, 0.1) is 12.7 Å². The van der Waals surface area contributed by atoms with Gasteiger partial charge in [0.15, 0.2) is 5.76 Å². The summed E-state index contributed by atoms with van der Waals surface area (Å²) in [4.78, 5) is 21.1. The van der Waals surface area contributed by atoms with Gasteiger partial charge in [-0.25, -0.2) is 4.79 Å². The van der Waals surface area contributed by atoms with E-state index in [1.54, 1.807) is 6.07 Å². The van der Waals surface area contributed by atoms with Gasteiger partial charge in [0.1, 0.15) is 13.2 Å². The van der Waals surface area contributed by atoms with E-state index in [0.29, 0.717) is 5.76 Å². The van der Waals surface area contributed by atoms with Gasteiger partial charge in [-0.05, 0) is 0 Å². The molecule has 2 N–H and O–H groups in total. The van der Waals surface area contributed by atoms with Gasteiger partial charge >= 0.3 is 5.97 Å². The average molecular weight is 214 g/mol. The molecule has 0 unspecified atom stereocenters. The molecule has 0 bridgehead atoms. The SMILES string of the molecule is O=C(O)COCC(=O)NCc1ccno1. The van der Waals surface area contributed by atoms with Gasteiger partial charge in [0.2, 0.25) is 5.91 Å². The Morgan fingerprint density at radius 1 is 1.53 bits per heavy atom. The van der Waals surface area contributed by atoms with Gasteiger partial charge in [0.25, 0.3) is 0 Å². The second-order valence-electron chi connectivity index (χ2n) is 2.64. The molecule has 1 aromatic heterocycles. The number of nitrogens with zero attached hydrogens (tertiary/aromatic N) is 1. The number of amides is 1. The number of hydrogen-bond donors (Lipinski definition) is 2. The van der Waals surface area contributed by atoms with Gasteiger partial charge in [-0.3, -0.25) is 4.79 Å². The van der Waals surface area contributed by atoms with Crippen LogP contribution in [0.2, 0.25) is 0 Å². The van der Waals surface area contributed by atoms with Gasteiger partial charge < -0.3 is 19.7 Å². The standard InChI is InChI=1S/C8H10N2O5/c11-7(4-14-5-8(12)13)9-3-6-1-2-10-15-6/h1-2H,3-5H2,(H,9,11)(H,12,13). The van der Waals surface area contributed by atoms with Crippen LogP contribution in [-0.2, 0) is 20.9 Å². The molecule has 0 saturated carbocycles. The van der Waals surface area contributed by atoms with Crippen LogP contribution in [0.15, 0.2) is 16.8 Å². The summed E-state index contributed by atoms with van der Waals surface area (Å²) < 4.78 is 9.30. The van der Waals surface area contributed by atoms with Crippen molar-refractivity contribution in [1.29, 1.82) is 0 Å². The third-order valence-electron chi connectivity index (χ3n) is 1.41. The van der Waals surface area contributed by atoms with Crippen molar-refractivity contribution < 1.29 is 24.0 Å². The molecule has 0 spiro atoms. The number of carboxylic acid groups (broad SMARTS) is 1. The van der Waals surface area contributed by atoms with E-state index in [1.807, 2.05) is 0 Å². The third-order valence-corrected chi connectivity index (χ3v) is 1.41. The summed E-state index contributed by atoms with van der Waals surface area (Å²) in [6, 6.07) is 1.61. The monoisotopic (exact) mass is 214 g/mol. The van der Waals surface area contributed by atoms with Crippen molar-refractivity contribution in [2.24, 2.45) is 0 Å². The zero-order chi connectivity index (χ0) is 11.1. The van der Waals surface area contributed by atoms with Crippen molar-refractivity contribution >= 4 is 11.9 Å². The number of aliphatic carboxylic acids is 1. The van der Waals surface area contributed by atoms with Crippen molar-refractivity contribution in [2.75, 3.05) is 13.2 Å². The van der Waals surface area contributed by atoms with Crippen molar-refractivity contribution in [2.45, 2.75) is 6.54 Å². The number of rotatable bonds is 6. The fraction of sp³-hybridized carbons (Fsp3) is 0.375. The van der Waals surface area contributed by atoms with Crippen LogP contribution >= 0.6 is 0 Å². The molecule has 0 saturated heterocycles. The van der Waals surface area contributed by atoms with E-state index >= 15 is 0 Å². The fourth-order valence-corrected chi connectivity index (χ4v) is 0.801. The maximum Gasteiger partial charge on any atom is 0.329 e. The Kier molecular flexibility index (Phi) is 4.30. The molecule has 0 aliphatic heterocycles. The Labute approximate surface area is 85.0 Å². The molecule has 0 atom stereocenters. The zero-order valence-electron chi connectivity index (χ0n) is 7.80. The summed E-state index contributed by atoms with van der Waals surface area (Å²) in [5, 5.41) is 14.1. The Bertz CT molecular complexity index is 322. The molecule has 0 aliphatic rings. The molecule has 82 valence electrons. The lowest BCUT2D eigenvalue weighted by molar-refractivity contribution is -0.143. The predicted octanol–water partition coefficient (Wildman–Crippen LogP) is -0.608. The first-order chi connectivity index (χ1) is 7.18. The number of ether oxygens (including phenoxy) is 1. The summed E-state index contributed by atoms with van der Waals surface area (Å²) in [5.74, 6) is -1.01. The summed E-state index contributed by atoms with van der Waals surface area (Å²) in [5.41, 5.74) is 0. The van der Waals surface area contributed by atoms with Gasteiger partial charge in [0, 0.05) is 6.07 Å². The van der Waals surface area contributed by atoms with Crippen molar-refractivity contribution in [3.05, 3.63) is 18.0 Å². The lowest BCUT2D eigenvalue weighted by Crippen LogP contribution is -2.27. The Morgan fingerprint density at radius 2 is 2.33 bits per heavy atom. The minimum absolute atomic E-state index is 0.204. The molecule has 7 heteroatoms.